The lowest BCUT2D eigenvalue weighted by molar-refractivity contribution is 0.0124. The van der Waals surface area contributed by atoms with Gasteiger partial charge in [0.2, 0.25) is 0 Å². The normalized spacial score (nSPS) is 20.2. The fourth-order valence-electron chi connectivity index (χ4n) is 2.57. The van der Waals surface area contributed by atoms with Crippen molar-refractivity contribution >= 4 is 11.6 Å². The number of ether oxygens (including phenoxy) is 1. The van der Waals surface area contributed by atoms with E-state index in [1.165, 1.54) is 12.8 Å². The number of benzene rings is 1. The molecule has 2 rings (SSSR count). The highest BCUT2D eigenvalue weighted by molar-refractivity contribution is 6.30. The van der Waals surface area contributed by atoms with Crippen molar-refractivity contribution in [2.45, 2.75) is 44.8 Å². The summed E-state index contributed by atoms with van der Waals surface area (Å²) >= 11 is 5.93. The largest absolute Gasteiger partial charge is 0.487 e. The summed E-state index contributed by atoms with van der Waals surface area (Å²) in [6.07, 6.45) is 4.22. The Morgan fingerprint density at radius 2 is 2.06 bits per heavy atom. The molecule has 1 aliphatic carbocycles. The molecule has 0 bridgehead atoms. The summed E-state index contributed by atoms with van der Waals surface area (Å²) in [6, 6.07) is 7.37. The second kappa shape index (κ2) is 5.74. The monoisotopic (exact) mass is 254 g/mol. The van der Waals surface area contributed by atoms with Crippen LogP contribution in [-0.4, -0.2) is 17.3 Å². The highest BCUT2D eigenvalue weighted by Crippen LogP contribution is 2.32. The molecule has 1 aromatic carbocycles. The lowest BCUT2D eigenvalue weighted by atomic mass is 9.97. The molecule has 0 amide bonds. The molecule has 17 heavy (non-hydrogen) atoms. The van der Waals surface area contributed by atoms with Crippen LogP contribution in [-0.2, 0) is 0 Å². The van der Waals surface area contributed by atoms with Gasteiger partial charge in [0.15, 0.2) is 0 Å². The third kappa shape index (κ3) is 3.36. The van der Waals surface area contributed by atoms with E-state index in [1.54, 1.807) is 13.0 Å². The minimum atomic E-state index is -0.447. The van der Waals surface area contributed by atoms with Crippen LogP contribution in [0, 0.1) is 5.92 Å². The predicted octanol–water partition coefficient (Wildman–Crippen LogP) is 3.66. The maximum atomic E-state index is 9.85. The Morgan fingerprint density at radius 1 is 1.35 bits per heavy atom. The Morgan fingerprint density at radius 3 is 2.65 bits per heavy atom. The Bertz CT molecular complexity index is 359. The fraction of sp³-hybridized carbons (Fsp3) is 0.571. The summed E-state index contributed by atoms with van der Waals surface area (Å²) in [7, 11) is 0. The van der Waals surface area contributed by atoms with Crippen molar-refractivity contribution in [2.75, 3.05) is 0 Å². The molecule has 2 atom stereocenters. The number of rotatable bonds is 4. The average molecular weight is 255 g/mol. The van der Waals surface area contributed by atoms with Gasteiger partial charge in [0.1, 0.15) is 11.9 Å². The molecular formula is C14H19ClO2. The van der Waals surface area contributed by atoms with Crippen molar-refractivity contribution in [3.63, 3.8) is 0 Å². The number of halogens is 1. The summed E-state index contributed by atoms with van der Waals surface area (Å²) in [4.78, 5) is 0. The van der Waals surface area contributed by atoms with Gasteiger partial charge in [-0.1, -0.05) is 30.5 Å². The quantitative estimate of drug-likeness (QED) is 0.889. The lowest BCUT2D eigenvalue weighted by Gasteiger charge is -2.27. The van der Waals surface area contributed by atoms with Gasteiger partial charge in [-0.15, -0.1) is 0 Å². The fourth-order valence-corrected chi connectivity index (χ4v) is 2.75. The van der Waals surface area contributed by atoms with Crippen molar-refractivity contribution in [3.8, 4) is 5.75 Å². The number of hydrogen-bond acceptors (Lipinski definition) is 2. The Kier molecular flexibility index (Phi) is 4.30. The molecule has 1 aliphatic rings. The predicted molar refractivity (Wildman–Crippen MR) is 69.5 cm³/mol. The molecule has 0 spiro atoms. The first-order valence-corrected chi connectivity index (χ1v) is 6.65. The maximum absolute atomic E-state index is 9.85. The average Bonchev–Trinajstić information content (AvgIpc) is 2.78. The van der Waals surface area contributed by atoms with Gasteiger partial charge in [-0.3, -0.25) is 0 Å². The van der Waals surface area contributed by atoms with Gasteiger partial charge >= 0.3 is 0 Å². The van der Waals surface area contributed by atoms with Gasteiger partial charge in [-0.25, -0.2) is 0 Å². The minimum absolute atomic E-state index is 0.115. The van der Waals surface area contributed by atoms with Crippen LogP contribution in [0.1, 0.15) is 32.6 Å². The van der Waals surface area contributed by atoms with Crippen molar-refractivity contribution in [3.05, 3.63) is 29.3 Å². The summed E-state index contributed by atoms with van der Waals surface area (Å²) < 4.78 is 5.91. The van der Waals surface area contributed by atoms with E-state index in [2.05, 4.69) is 0 Å². The summed E-state index contributed by atoms with van der Waals surface area (Å²) in [5.41, 5.74) is 0. The smallest absolute Gasteiger partial charge is 0.127 e. The molecule has 1 aromatic rings. The van der Waals surface area contributed by atoms with Crippen molar-refractivity contribution in [1.82, 2.24) is 0 Å². The van der Waals surface area contributed by atoms with Crippen molar-refractivity contribution in [1.29, 1.82) is 0 Å². The van der Waals surface area contributed by atoms with Gasteiger partial charge in [0.25, 0.3) is 0 Å². The van der Waals surface area contributed by atoms with Crippen LogP contribution in [0.2, 0.25) is 5.02 Å². The zero-order chi connectivity index (χ0) is 12.3. The third-order valence-corrected chi connectivity index (χ3v) is 3.64. The molecule has 0 aliphatic heterocycles. The van der Waals surface area contributed by atoms with E-state index in [1.807, 2.05) is 18.2 Å². The SMILES string of the molecule is C[C@H](O)[C@@H](Oc1cccc(Cl)c1)C1CCCC1. The number of aliphatic hydroxyl groups excluding tert-OH is 1. The molecule has 1 saturated carbocycles. The van der Waals surface area contributed by atoms with E-state index in [-0.39, 0.29) is 6.10 Å². The zero-order valence-corrected chi connectivity index (χ0v) is 10.9. The topological polar surface area (TPSA) is 29.5 Å². The molecule has 0 aromatic heterocycles. The van der Waals surface area contributed by atoms with Crippen molar-refractivity contribution < 1.29 is 9.84 Å². The molecular weight excluding hydrogens is 236 g/mol. The van der Waals surface area contributed by atoms with E-state index in [9.17, 15) is 5.11 Å². The van der Waals surface area contributed by atoms with E-state index in [4.69, 9.17) is 16.3 Å². The first kappa shape index (κ1) is 12.7. The second-order valence-corrected chi connectivity index (χ2v) is 5.26. The molecule has 2 nitrogen and oxygen atoms in total. The second-order valence-electron chi connectivity index (χ2n) is 4.82. The van der Waals surface area contributed by atoms with Crippen LogP contribution in [0.4, 0.5) is 0 Å². The molecule has 94 valence electrons. The van der Waals surface area contributed by atoms with Gasteiger partial charge in [-0.05, 0) is 43.9 Å². The van der Waals surface area contributed by atoms with Crippen molar-refractivity contribution in [2.24, 2.45) is 5.92 Å². The standard InChI is InChI=1S/C14H19ClO2/c1-10(16)14(11-5-2-3-6-11)17-13-8-4-7-12(15)9-13/h4,7-11,14,16H,2-3,5-6H2,1H3/t10-,14+/m0/s1. The summed E-state index contributed by atoms with van der Waals surface area (Å²) in [6.45, 7) is 1.80. The summed E-state index contributed by atoms with van der Waals surface area (Å²) in [5, 5.41) is 10.5. The molecule has 0 heterocycles. The van der Waals surface area contributed by atoms with Gasteiger partial charge in [0.05, 0.1) is 6.10 Å². The Balaban J connectivity index is 2.07. The van der Waals surface area contributed by atoms with Crippen LogP contribution in [0.25, 0.3) is 0 Å². The first-order valence-electron chi connectivity index (χ1n) is 6.27. The Hall–Kier alpha value is -0.730. The minimum Gasteiger partial charge on any atom is -0.487 e. The van der Waals surface area contributed by atoms with Gasteiger partial charge < -0.3 is 9.84 Å². The van der Waals surface area contributed by atoms with E-state index < -0.39 is 6.10 Å². The molecule has 0 radical (unpaired) electrons. The van der Waals surface area contributed by atoms with Crippen LogP contribution in [0.15, 0.2) is 24.3 Å². The molecule has 1 N–H and O–H groups in total. The highest BCUT2D eigenvalue weighted by atomic mass is 35.5. The summed E-state index contributed by atoms with van der Waals surface area (Å²) in [5.74, 6) is 1.21. The van der Waals surface area contributed by atoms with E-state index in [0.717, 1.165) is 18.6 Å². The molecule has 3 heteroatoms. The van der Waals surface area contributed by atoms with Crippen LogP contribution < -0.4 is 4.74 Å². The number of hydrogen-bond donors (Lipinski definition) is 1. The molecule has 1 fully saturated rings. The highest BCUT2D eigenvalue weighted by Gasteiger charge is 2.30. The van der Waals surface area contributed by atoms with Crippen LogP contribution in [0.3, 0.4) is 0 Å². The molecule has 0 saturated heterocycles. The number of aliphatic hydroxyl groups is 1. The first-order chi connectivity index (χ1) is 8.16. The van der Waals surface area contributed by atoms with Gasteiger partial charge in [0, 0.05) is 5.02 Å². The maximum Gasteiger partial charge on any atom is 0.127 e. The van der Waals surface area contributed by atoms with E-state index in [0.29, 0.717) is 10.9 Å². The molecule has 0 unspecified atom stereocenters. The van der Waals surface area contributed by atoms with E-state index >= 15 is 0 Å². The lowest BCUT2D eigenvalue weighted by Crippen LogP contribution is -2.35. The zero-order valence-electron chi connectivity index (χ0n) is 10.1. The van der Waals surface area contributed by atoms with Crippen LogP contribution in [0.5, 0.6) is 5.75 Å². The van der Waals surface area contributed by atoms with Gasteiger partial charge in [-0.2, -0.15) is 0 Å². The third-order valence-electron chi connectivity index (χ3n) is 3.41. The Labute approximate surface area is 108 Å². The van der Waals surface area contributed by atoms with Crippen LogP contribution >= 0.6 is 11.6 Å².